The van der Waals surface area contributed by atoms with E-state index in [9.17, 15) is 5.11 Å². The fourth-order valence-corrected chi connectivity index (χ4v) is 2.94. The van der Waals surface area contributed by atoms with Crippen LogP contribution in [0.4, 0.5) is 0 Å². The van der Waals surface area contributed by atoms with Gasteiger partial charge in [0, 0.05) is 37.6 Å². The third-order valence-corrected chi connectivity index (χ3v) is 4.32. The minimum Gasteiger partial charge on any atom is -0.391 e. The van der Waals surface area contributed by atoms with Crippen molar-refractivity contribution in [3.05, 3.63) is 0 Å². The molecule has 2 atom stereocenters. The van der Waals surface area contributed by atoms with E-state index in [4.69, 9.17) is 0 Å². The van der Waals surface area contributed by atoms with E-state index in [1.54, 1.807) is 0 Å². The summed E-state index contributed by atoms with van der Waals surface area (Å²) in [5.41, 5.74) is 0. The van der Waals surface area contributed by atoms with Gasteiger partial charge in [0.25, 0.3) is 0 Å². The SMILES string of the molecule is OC(CBr)CN1CCN2CCCCC2C1. The predicted molar refractivity (Wildman–Crippen MR) is 65.5 cm³/mol. The number of rotatable bonds is 3. The molecule has 2 aliphatic heterocycles. The van der Waals surface area contributed by atoms with Crippen LogP contribution in [0, 0.1) is 0 Å². The molecular weight excluding hydrogens is 256 g/mol. The highest BCUT2D eigenvalue weighted by atomic mass is 79.9. The molecule has 0 aromatic rings. The highest BCUT2D eigenvalue weighted by Crippen LogP contribution is 2.21. The number of nitrogens with zero attached hydrogens (tertiary/aromatic N) is 2. The van der Waals surface area contributed by atoms with Crippen molar-refractivity contribution in [1.82, 2.24) is 9.80 Å². The number of piperazine rings is 1. The average Bonchev–Trinajstić information content (AvgIpc) is 2.29. The fraction of sp³-hybridized carbons (Fsp3) is 1.00. The van der Waals surface area contributed by atoms with Crippen LogP contribution in [0.2, 0.25) is 0 Å². The molecule has 0 bridgehead atoms. The fourth-order valence-electron chi connectivity index (χ4n) is 2.73. The maximum atomic E-state index is 9.60. The van der Waals surface area contributed by atoms with Crippen LogP contribution in [-0.2, 0) is 0 Å². The molecule has 2 saturated heterocycles. The van der Waals surface area contributed by atoms with Gasteiger partial charge in [-0.15, -0.1) is 0 Å². The van der Waals surface area contributed by atoms with Crippen molar-refractivity contribution in [3.8, 4) is 0 Å². The Kier molecular flexibility index (Phi) is 4.43. The number of aliphatic hydroxyl groups is 1. The number of piperidine rings is 1. The van der Waals surface area contributed by atoms with Crippen molar-refractivity contribution in [2.24, 2.45) is 0 Å². The van der Waals surface area contributed by atoms with Crippen molar-refractivity contribution in [2.45, 2.75) is 31.4 Å². The van der Waals surface area contributed by atoms with Crippen LogP contribution < -0.4 is 0 Å². The molecule has 0 aromatic carbocycles. The number of aliphatic hydroxyl groups excluding tert-OH is 1. The first kappa shape index (κ1) is 11.8. The number of hydrogen-bond donors (Lipinski definition) is 1. The van der Waals surface area contributed by atoms with E-state index in [-0.39, 0.29) is 6.10 Å². The second-order valence-corrected chi connectivity index (χ2v) is 5.40. The van der Waals surface area contributed by atoms with Gasteiger partial charge in [-0.05, 0) is 19.4 Å². The second kappa shape index (κ2) is 5.62. The Balaban J connectivity index is 1.80. The number of β-amino-alcohol motifs (C(OH)–C–C–N with tert-alkyl or cyclic N) is 1. The van der Waals surface area contributed by atoms with Crippen LogP contribution in [0.1, 0.15) is 19.3 Å². The normalized spacial score (nSPS) is 31.2. The van der Waals surface area contributed by atoms with Gasteiger partial charge in [-0.25, -0.2) is 0 Å². The van der Waals surface area contributed by atoms with Gasteiger partial charge in [-0.2, -0.15) is 0 Å². The Morgan fingerprint density at radius 2 is 2.13 bits per heavy atom. The number of halogens is 1. The molecule has 0 saturated carbocycles. The number of hydrogen-bond acceptors (Lipinski definition) is 3. The van der Waals surface area contributed by atoms with Gasteiger partial charge >= 0.3 is 0 Å². The highest BCUT2D eigenvalue weighted by molar-refractivity contribution is 9.09. The van der Waals surface area contributed by atoms with E-state index >= 15 is 0 Å². The van der Waals surface area contributed by atoms with Gasteiger partial charge in [0.2, 0.25) is 0 Å². The Bertz CT molecular complexity index is 203. The Morgan fingerprint density at radius 3 is 2.93 bits per heavy atom. The molecule has 3 nitrogen and oxygen atoms in total. The maximum absolute atomic E-state index is 9.60. The lowest BCUT2D eigenvalue weighted by Gasteiger charge is -2.44. The van der Waals surface area contributed by atoms with E-state index in [0.29, 0.717) is 5.33 Å². The summed E-state index contributed by atoms with van der Waals surface area (Å²) < 4.78 is 0. The van der Waals surface area contributed by atoms with E-state index in [2.05, 4.69) is 25.7 Å². The highest BCUT2D eigenvalue weighted by Gasteiger charge is 2.29. The maximum Gasteiger partial charge on any atom is 0.0763 e. The lowest BCUT2D eigenvalue weighted by Crippen LogP contribution is -2.56. The molecule has 1 N–H and O–H groups in total. The van der Waals surface area contributed by atoms with Gasteiger partial charge in [-0.3, -0.25) is 9.80 Å². The summed E-state index contributed by atoms with van der Waals surface area (Å²) in [7, 11) is 0. The molecular formula is C11H21BrN2O. The first-order valence-electron chi connectivity index (χ1n) is 6.00. The Hall–Kier alpha value is 0.360. The minimum absolute atomic E-state index is 0.208. The number of alkyl halides is 1. The molecule has 4 heteroatoms. The van der Waals surface area contributed by atoms with Crippen LogP contribution in [0.15, 0.2) is 0 Å². The lowest BCUT2D eigenvalue weighted by molar-refractivity contribution is 0.0286. The van der Waals surface area contributed by atoms with Crippen LogP contribution >= 0.6 is 15.9 Å². The molecule has 0 radical (unpaired) electrons. The van der Waals surface area contributed by atoms with Crippen molar-refractivity contribution >= 4 is 15.9 Å². The van der Waals surface area contributed by atoms with E-state index in [1.165, 1.54) is 32.4 Å². The zero-order valence-corrected chi connectivity index (χ0v) is 10.8. The first-order chi connectivity index (χ1) is 7.29. The van der Waals surface area contributed by atoms with Gasteiger partial charge in [-0.1, -0.05) is 22.4 Å². The van der Waals surface area contributed by atoms with E-state index in [1.807, 2.05) is 0 Å². The van der Waals surface area contributed by atoms with Gasteiger partial charge in [0.05, 0.1) is 6.10 Å². The summed E-state index contributed by atoms with van der Waals surface area (Å²) in [6.07, 6.45) is 3.90. The molecule has 15 heavy (non-hydrogen) atoms. The lowest BCUT2D eigenvalue weighted by atomic mass is 9.99. The quantitative estimate of drug-likeness (QED) is 0.777. The molecule has 2 aliphatic rings. The van der Waals surface area contributed by atoms with Crippen LogP contribution in [0.3, 0.4) is 0 Å². The van der Waals surface area contributed by atoms with Crippen molar-refractivity contribution in [2.75, 3.05) is 38.1 Å². The summed E-state index contributed by atoms with van der Waals surface area (Å²) in [6, 6.07) is 0.759. The molecule has 2 fully saturated rings. The summed E-state index contributed by atoms with van der Waals surface area (Å²) in [6.45, 7) is 5.60. The second-order valence-electron chi connectivity index (χ2n) is 4.75. The van der Waals surface area contributed by atoms with Crippen LogP contribution in [-0.4, -0.2) is 65.1 Å². The zero-order valence-electron chi connectivity index (χ0n) is 9.24. The predicted octanol–water partition coefficient (Wildman–Crippen LogP) is 0.912. The third-order valence-electron chi connectivity index (χ3n) is 3.57. The molecule has 88 valence electrons. The topological polar surface area (TPSA) is 26.7 Å². The van der Waals surface area contributed by atoms with Gasteiger partial charge in [0.15, 0.2) is 0 Å². The summed E-state index contributed by atoms with van der Waals surface area (Å²) in [4.78, 5) is 5.04. The Labute approximate surface area is 101 Å². The molecule has 0 spiro atoms. The Morgan fingerprint density at radius 1 is 1.27 bits per heavy atom. The first-order valence-corrected chi connectivity index (χ1v) is 7.12. The average molecular weight is 277 g/mol. The van der Waals surface area contributed by atoms with Crippen molar-refractivity contribution in [1.29, 1.82) is 0 Å². The standard InChI is InChI=1S/C11H21BrN2O/c12-7-11(15)9-13-5-6-14-4-2-1-3-10(14)8-13/h10-11,15H,1-9H2. The minimum atomic E-state index is -0.208. The van der Waals surface area contributed by atoms with Crippen LogP contribution in [0.5, 0.6) is 0 Å². The van der Waals surface area contributed by atoms with Gasteiger partial charge < -0.3 is 5.11 Å². The van der Waals surface area contributed by atoms with E-state index in [0.717, 1.165) is 25.7 Å². The van der Waals surface area contributed by atoms with Gasteiger partial charge in [0.1, 0.15) is 0 Å². The molecule has 2 rings (SSSR count). The molecule has 0 aliphatic carbocycles. The van der Waals surface area contributed by atoms with E-state index < -0.39 is 0 Å². The largest absolute Gasteiger partial charge is 0.391 e. The summed E-state index contributed by atoms with van der Waals surface area (Å²) >= 11 is 3.32. The summed E-state index contributed by atoms with van der Waals surface area (Å²) in [5.74, 6) is 0. The molecule has 0 amide bonds. The smallest absolute Gasteiger partial charge is 0.0763 e. The third kappa shape index (κ3) is 3.16. The zero-order chi connectivity index (χ0) is 10.7. The van der Waals surface area contributed by atoms with Crippen LogP contribution in [0.25, 0.3) is 0 Å². The van der Waals surface area contributed by atoms with Crippen molar-refractivity contribution < 1.29 is 5.11 Å². The van der Waals surface area contributed by atoms with Crippen molar-refractivity contribution in [3.63, 3.8) is 0 Å². The number of fused-ring (bicyclic) bond motifs is 1. The summed E-state index contributed by atoms with van der Waals surface area (Å²) in [5, 5.41) is 10.3. The molecule has 2 heterocycles. The molecule has 0 aromatic heterocycles. The monoisotopic (exact) mass is 276 g/mol. The molecule has 2 unspecified atom stereocenters.